The molecule has 1 aliphatic carbocycles. The average molecular weight is 356 g/mol. The van der Waals surface area contributed by atoms with Crippen LogP contribution in [-0.4, -0.2) is 31.3 Å². The van der Waals surface area contributed by atoms with Gasteiger partial charge in [0.05, 0.1) is 6.10 Å². The zero-order chi connectivity index (χ0) is 12.3. The molecule has 1 saturated carbocycles. The van der Waals surface area contributed by atoms with Crippen molar-refractivity contribution >= 4 is 29.5 Å². The molecule has 0 N–H and O–H groups in total. The number of hydrogen-bond acceptors (Lipinski definition) is 5. The fourth-order valence-electron chi connectivity index (χ4n) is 3.00. The molecular formula is C11H17IO5. The lowest BCUT2D eigenvalue weighted by Gasteiger charge is -2.41. The van der Waals surface area contributed by atoms with Crippen LogP contribution in [0.5, 0.6) is 0 Å². The molecule has 0 aromatic carbocycles. The standard InChI is InChI=1S/C11H17IO5/c1-2-8-4-3-5-9-11(8,6-14-7-13)16-10(15-9)17-12/h7-10H,2-6H2,1H3. The highest BCUT2D eigenvalue weighted by Gasteiger charge is 2.56. The summed E-state index contributed by atoms with van der Waals surface area (Å²) in [5.74, 6) is 0.345. The van der Waals surface area contributed by atoms with E-state index in [9.17, 15) is 4.79 Å². The molecular weight excluding hydrogens is 339 g/mol. The van der Waals surface area contributed by atoms with Crippen LogP contribution in [0.3, 0.4) is 0 Å². The van der Waals surface area contributed by atoms with Crippen molar-refractivity contribution in [2.45, 2.75) is 50.8 Å². The van der Waals surface area contributed by atoms with Gasteiger partial charge in [-0.25, -0.2) is 0 Å². The Morgan fingerprint density at radius 1 is 1.53 bits per heavy atom. The minimum absolute atomic E-state index is 0.0408. The Morgan fingerprint density at radius 2 is 2.35 bits per heavy atom. The molecule has 0 spiro atoms. The molecule has 6 heteroatoms. The Morgan fingerprint density at radius 3 is 3.00 bits per heavy atom. The van der Waals surface area contributed by atoms with Crippen LogP contribution in [0, 0.1) is 5.92 Å². The second-order valence-corrected chi connectivity index (χ2v) is 5.03. The molecule has 2 aliphatic rings. The monoisotopic (exact) mass is 356 g/mol. The first-order valence-corrected chi connectivity index (χ1v) is 6.80. The number of carbonyl (C=O) groups is 1. The molecule has 1 heterocycles. The summed E-state index contributed by atoms with van der Waals surface area (Å²) in [5, 5.41) is 0. The first-order chi connectivity index (χ1) is 8.26. The van der Waals surface area contributed by atoms with Crippen LogP contribution in [0.4, 0.5) is 0 Å². The number of fused-ring (bicyclic) bond motifs is 1. The van der Waals surface area contributed by atoms with E-state index in [0.29, 0.717) is 12.4 Å². The fourth-order valence-corrected chi connectivity index (χ4v) is 3.22. The van der Waals surface area contributed by atoms with Crippen LogP contribution in [0.15, 0.2) is 0 Å². The SMILES string of the molecule is CCC1CCCC2OC(OI)OC12COC=O. The van der Waals surface area contributed by atoms with Crippen LogP contribution >= 0.6 is 23.0 Å². The van der Waals surface area contributed by atoms with Gasteiger partial charge in [-0.05, 0) is 18.8 Å². The molecule has 0 aromatic rings. The van der Waals surface area contributed by atoms with Gasteiger partial charge in [-0.3, -0.25) is 7.86 Å². The number of rotatable bonds is 5. The minimum atomic E-state index is -0.650. The van der Waals surface area contributed by atoms with Crippen molar-refractivity contribution in [3.8, 4) is 0 Å². The molecule has 1 aliphatic heterocycles. The van der Waals surface area contributed by atoms with Crippen molar-refractivity contribution in [1.82, 2.24) is 0 Å². The van der Waals surface area contributed by atoms with E-state index in [0.717, 1.165) is 25.7 Å². The van der Waals surface area contributed by atoms with Crippen LogP contribution in [0.25, 0.3) is 0 Å². The van der Waals surface area contributed by atoms with Gasteiger partial charge in [-0.1, -0.05) is 19.8 Å². The molecule has 0 bridgehead atoms. The number of carbonyl (C=O) groups excluding carboxylic acids is 1. The highest BCUT2D eigenvalue weighted by molar-refractivity contribution is 14.1. The van der Waals surface area contributed by atoms with E-state index in [1.807, 2.05) is 0 Å². The topological polar surface area (TPSA) is 54.0 Å². The summed E-state index contributed by atoms with van der Waals surface area (Å²) in [6.07, 6.45) is 4.06. The summed E-state index contributed by atoms with van der Waals surface area (Å²) < 4.78 is 21.6. The first-order valence-electron chi connectivity index (χ1n) is 5.92. The van der Waals surface area contributed by atoms with Gasteiger partial charge in [-0.15, -0.1) is 0 Å². The maximum Gasteiger partial charge on any atom is 0.293 e. The molecule has 0 aromatic heterocycles. The van der Waals surface area contributed by atoms with Crippen molar-refractivity contribution in [2.75, 3.05) is 6.61 Å². The summed E-state index contributed by atoms with van der Waals surface area (Å²) in [6, 6.07) is 0. The predicted molar refractivity (Wildman–Crippen MR) is 67.2 cm³/mol. The van der Waals surface area contributed by atoms with Crippen LogP contribution < -0.4 is 0 Å². The third kappa shape index (κ3) is 2.45. The summed E-state index contributed by atoms with van der Waals surface area (Å²) in [6.45, 7) is 2.19. The predicted octanol–water partition coefficient (Wildman–Crippen LogP) is 2.17. The van der Waals surface area contributed by atoms with E-state index < -0.39 is 12.1 Å². The van der Waals surface area contributed by atoms with Gasteiger partial charge < -0.3 is 14.2 Å². The van der Waals surface area contributed by atoms with Crippen molar-refractivity contribution in [3.63, 3.8) is 0 Å². The molecule has 17 heavy (non-hydrogen) atoms. The van der Waals surface area contributed by atoms with E-state index >= 15 is 0 Å². The van der Waals surface area contributed by atoms with Crippen molar-refractivity contribution in [1.29, 1.82) is 0 Å². The highest BCUT2D eigenvalue weighted by atomic mass is 127. The quantitative estimate of drug-likeness (QED) is 0.558. The largest absolute Gasteiger partial charge is 0.465 e. The average Bonchev–Trinajstić information content (AvgIpc) is 2.74. The normalized spacial score (nSPS) is 40.9. The molecule has 2 rings (SSSR count). The van der Waals surface area contributed by atoms with Gasteiger partial charge in [0, 0.05) is 0 Å². The lowest BCUT2D eigenvalue weighted by Crippen LogP contribution is -2.53. The fraction of sp³-hybridized carbons (Fsp3) is 0.909. The maximum absolute atomic E-state index is 10.4. The Bertz CT molecular complexity index is 275. The minimum Gasteiger partial charge on any atom is -0.465 e. The number of ether oxygens (including phenoxy) is 3. The maximum atomic E-state index is 10.4. The molecule has 4 atom stereocenters. The molecule has 0 radical (unpaired) electrons. The van der Waals surface area contributed by atoms with Gasteiger partial charge in [0.25, 0.3) is 12.9 Å². The Labute approximate surface area is 115 Å². The summed E-state index contributed by atoms with van der Waals surface area (Å²) >= 11 is 1.77. The van der Waals surface area contributed by atoms with Crippen molar-refractivity contribution in [3.05, 3.63) is 0 Å². The van der Waals surface area contributed by atoms with Crippen molar-refractivity contribution in [2.24, 2.45) is 5.92 Å². The summed E-state index contributed by atoms with van der Waals surface area (Å²) in [7, 11) is 0. The Balaban J connectivity index is 2.18. The summed E-state index contributed by atoms with van der Waals surface area (Å²) in [5.41, 5.74) is -0.524. The molecule has 98 valence electrons. The van der Waals surface area contributed by atoms with Gasteiger partial charge in [0.15, 0.2) is 0 Å². The number of hydrogen-bond donors (Lipinski definition) is 0. The zero-order valence-electron chi connectivity index (χ0n) is 9.76. The Kier molecular flexibility index (Phi) is 4.62. The zero-order valence-corrected chi connectivity index (χ0v) is 11.9. The van der Waals surface area contributed by atoms with Crippen LogP contribution in [0.1, 0.15) is 32.6 Å². The van der Waals surface area contributed by atoms with E-state index in [-0.39, 0.29) is 12.7 Å². The molecule has 2 fully saturated rings. The van der Waals surface area contributed by atoms with Crippen LogP contribution in [0.2, 0.25) is 0 Å². The third-order valence-corrected chi connectivity index (χ3v) is 4.20. The third-order valence-electron chi connectivity index (χ3n) is 3.79. The van der Waals surface area contributed by atoms with Gasteiger partial charge in [0.2, 0.25) is 0 Å². The molecule has 4 unspecified atom stereocenters. The van der Waals surface area contributed by atoms with Gasteiger partial charge in [0.1, 0.15) is 35.2 Å². The first kappa shape index (κ1) is 13.5. The van der Waals surface area contributed by atoms with E-state index in [2.05, 4.69) is 6.92 Å². The van der Waals surface area contributed by atoms with Gasteiger partial charge in [-0.2, -0.15) is 0 Å². The molecule has 1 saturated heterocycles. The number of halogens is 1. The Hall–Kier alpha value is 0.0800. The lowest BCUT2D eigenvalue weighted by molar-refractivity contribution is -0.204. The lowest BCUT2D eigenvalue weighted by atomic mass is 9.72. The molecule has 5 nitrogen and oxygen atoms in total. The van der Waals surface area contributed by atoms with Crippen molar-refractivity contribution < 1.29 is 22.1 Å². The smallest absolute Gasteiger partial charge is 0.293 e. The van der Waals surface area contributed by atoms with Crippen LogP contribution in [-0.2, 0) is 22.1 Å². The van der Waals surface area contributed by atoms with E-state index in [1.165, 1.54) is 0 Å². The van der Waals surface area contributed by atoms with Gasteiger partial charge >= 0.3 is 0 Å². The van der Waals surface area contributed by atoms with E-state index in [1.54, 1.807) is 23.0 Å². The second-order valence-electron chi connectivity index (χ2n) is 4.52. The second kappa shape index (κ2) is 5.81. The highest BCUT2D eigenvalue weighted by Crippen LogP contribution is 2.46. The van der Waals surface area contributed by atoms with E-state index in [4.69, 9.17) is 17.3 Å². The molecule has 0 amide bonds. The summed E-state index contributed by atoms with van der Waals surface area (Å²) in [4.78, 5) is 10.4.